The summed E-state index contributed by atoms with van der Waals surface area (Å²) < 4.78 is 38.2. The Labute approximate surface area is 121 Å². The monoisotopic (exact) mass is 349 g/mol. The summed E-state index contributed by atoms with van der Waals surface area (Å²) in [6, 6.07) is 8.14. The molecule has 2 aromatic rings. The van der Waals surface area contributed by atoms with Crippen LogP contribution in [0.15, 0.2) is 40.2 Å². The van der Waals surface area contributed by atoms with Crippen molar-refractivity contribution < 1.29 is 13.2 Å². The van der Waals surface area contributed by atoms with Gasteiger partial charge in [0, 0.05) is 21.6 Å². The summed E-state index contributed by atoms with van der Waals surface area (Å²) in [4.78, 5) is 1.21. The quantitative estimate of drug-likeness (QED) is 0.801. The molecule has 1 N–H and O–H groups in total. The molecule has 0 saturated carbocycles. The van der Waals surface area contributed by atoms with Crippen molar-refractivity contribution in [2.45, 2.75) is 12.6 Å². The first kappa shape index (κ1) is 14.4. The van der Waals surface area contributed by atoms with Crippen molar-refractivity contribution in [2.75, 3.05) is 11.9 Å². The Morgan fingerprint density at radius 1 is 1.21 bits per heavy atom. The van der Waals surface area contributed by atoms with E-state index in [2.05, 4.69) is 21.2 Å². The smallest absolute Gasteiger partial charge is 0.385 e. The van der Waals surface area contributed by atoms with E-state index in [4.69, 9.17) is 0 Å². The molecule has 0 amide bonds. The number of nitrogens with one attached hydrogen (secondary N) is 1. The molecule has 0 unspecified atom stereocenters. The zero-order chi connectivity index (χ0) is 13.9. The van der Waals surface area contributed by atoms with Crippen molar-refractivity contribution >= 4 is 33.0 Å². The first-order valence-electron chi connectivity index (χ1n) is 5.60. The number of hydrogen-bond donors (Lipinski definition) is 1. The van der Waals surface area contributed by atoms with Crippen LogP contribution in [0, 0.1) is 0 Å². The van der Waals surface area contributed by atoms with E-state index in [1.54, 1.807) is 17.4 Å². The minimum atomic E-state index is -4.34. The second-order valence-corrected chi connectivity index (χ2v) is 5.84. The molecule has 1 aromatic carbocycles. The highest BCUT2D eigenvalue weighted by atomic mass is 79.9. The zero-order valence-electron chi connectivity index (χ0n) is 9.80. The summed E-state index contributed by atoms with van der Waals surface area (Å²) in [7, 11) is 0. The summed E-state index contributed by atoms with van der Waals surface area (Å²) in [5.74, 6) is 0. The summed E-state index contributed by atoms with van der Waals surface area (Å²) >= 11 is 4.56. The molecular weight excluding hydrogens is 339 g/mol. The van der Waals surface area contributed by atoms with Gasteiger partial charge in [0.05, 0.1) is 5.56 Å². The lowest BCUT2D eigenvalue weighted by atomic mass is 10.2. The SMILES string of the molecule is FC(F)(F)c1cc(NCCc2cccs2)ccc1Br. The van der Waals surface area contributed by atoms with Crippen LogP contribution in [0.4, 0.5) is 18.9 Å². The predicted molar refractivity (Wildman–Crippen MR) is 75.7 cm³/mol. The van der Waals surface area contributed by atoms with E-state index in [9.17, 15) is 13.2 Å². The van der Waals surface area contributed by atoms with Gasteiger partial charge >= 0.3 is 6.18 Å². The van der Waals surface area contributed by atoms with Crippen molar-refractivity contribution in [1.82, 2.24) is 0 Å². The molecule has 0 aliphatic rings. The molecule has 2 rings (SSSR count). The van der Waals surface area contributed by atoms with Gasteiger partial charge in [0.15, 0.2) is 0 Å². The Balaban J connectivity index is 2.01. The fourth-order valence-corrected chi connectivity index (χ4v) is 2.82. The van der Waals surface area contributed by atoms with Gasteiger partial charge < -0.3 is 5.32 Å². The van der Waals surface area contributed by atoms with Gasteiger partial charge in [-0.15, -0.1) is 11.3 Å². The van der Waals surface area contributed by atoms with Crippen LogP contribution in [-0.2, 0) is 12.6 Å². The molecule has 0 bridgehead atoms. The van der Waals surface area contributed by atoms with Gasteiger partial charge in [-0.05, 0) is 36.1 Å². The Morgan fingerprint density at radius 2 is 2.00 bits per heavy atom. The lowest BCUT2D eigenvalue weighted by molar-refractivity contribution is -0.138. The number of alkyl halides is 3. The molecule has 0 fully saturated rings. The van der Waals surface area contributed by atoms with E-state index in [1.807, 2.05) is 17.5 Å². The second-order valence-electron chi connectivity index (χ2n) is 3.95. The summed E-state index contributed by atoms with van der Waals surface area (Å²) in [6.07, 6.45) is -3.54. The summed E-state index contributed by atoms with van der Waals surface area (Å²) in [5, 5.41) is 4.99. The van der Waals surface area contributed by atoms with Crippen LogP contribution in [-0.4, -0.2) is 6.54 Å². The average Bonchev–Trinajstić information content (AvgIpc) is 2.83. The van der Waals surface area contributed by atoms with Crippen molar-refractivity contribution in [3.05, 3.63) is 50.6 Å². The normalized spacial score (nSPS) is 11.6. The Hall–Kier alpha value is -1.01. The zero-order valence-corrected chi connectivity index (χ0v) is 12.2. The van der Waals surface area contributed by atoms with Gasteiger partial charge in [-0.3, -0.25) is 0 Å². The van der Waals surface area contributed by atoms with E-state index in [1.165, 1.54) is 10.9 Å². The molecule has 0 aliphatic carbocycles. The number of thiophene rings is 1. The maximum Gasteiger partial charge on any atom is 0.417 e. The van der Waals surface area contributed by atoms with E-state index in [-0.39, 0.29) is 4.47 Å². The summed E-state index contributed by atoms with van der Waals surface area (Å²) in [6.45, 7) is 0.611. The van der Waals surface area contributed by atoms with Gasteiger partial charge in [-0.1, -0.05) is 22.0 Å². The summed E-state index contributed by atoms with van der Waals surface area (Å²) in [5.41, 5.74) is -0.180. The van der Waals surface area contributed by atoms with Crippen LogP contribution in [0.3, 0.4) is 0 Å². The number of rotatable bonds is 4. The lowest BCUT2D eigenvalue weighted by Gasteiger charge is -2.12. The van der Waals surface area contributed by atoms with Crippen molar-refractivity contribution in [3.8, 4) is 0 Å². The van der Waals surface area contributed by atoms with Crippen LogP contribution >= 0.6 is 27.3 Å². The minimum absolute atomic E-state index is 0.0591. The van der Waals surface area contributed by atoms with Crippen LogP contribution in [0.5, 0.6) is 0 Å². The molecule has 0 saturated heterocycles. The lowest BCUT2D eigenvalue weighted by Crippen LogP contribution is -2.09. The Bertz CT molecular complexity index is 537. The highest BCUT2D eigenvalue weighted by Crippen LogP contribution is 2.36. The standard InChI is InChI=1S/C13H11BrF3NS/c14-12-4-3-9(8-11(12)13(15,16)17)18-6-5-10-2-1-7-19-10/h1-4,7-8,18H,5-6H2. The maximum atomic E-state index is 12.7. The molecule has 0 atom stereocenters. The highest BCUT2D eigenvalue weighted by Gasteiger charge is 2.33. The van der Waals surface area contributed by atoms with E-state index in [0.29, 0.717) is 12.2 Å². The van der Waals surface area contributed by atoms with Gasteiger partial charge in [0.2, 0.25) is 0 Å². The number of hydrogen-bond acceptors (Lipinski definition) is 2. The van der Waals surface area contributed by atoms with Crippen LogP contribution in [0.1, 0.15) is 10.4 Å². The third kappa shape index (κ3) is 3.98. The predicted octanol–water partition coefficient (Wildman–Crippen LogP) is 5.18. The van der Waals surface area contributed by atoms with Crippen LogP contribution in [0.2, 0.25) is 0 Å². The fourth-order valence-electron chi connectivity index (χ4n) is 1.64. The number of halogens is 4. The van der Waals surface area contributed by atoms with Gasteiger partial charge in [-0.2, -0.15) is 13.2 Å². The molecule has 0 aliphatic heterocycles. The second kappa shape index (κ2) is 5.96. The molecular formula is C13H11BrF3NS. The first-order valence-corrected chi connectivity index (χ1v) is 7.27. The van der Waals surface area contributed by atoms with E-state index >= 15 is 0 Å². The maximum absolute atomic E-state index is 12.7. The molecule has 1 heterocycles. The number of anilines is 1. The van der Waals surface area contributed by atoms with Gasteiger partial charge in [-0.25, -0.2) is 0 Å². The average molecular weight is 350 g/mol. The molecule has 1 nitrogen and oxygen atoms in total. The number of benzene rings is 1. The van der Waals surface area contributed by atoms with Crippen molar-refractivity contribution in [2.24, 2.45) is 0 Å². The molecule has 19 heavy (non-hydrogen) atoms. The Morgan fingerprint density at radius 3 is 2.63 bits per heavy atom. The van der Waals surface area contributed by atoms with Gasteiger partial charge in [0.25, 0.3) is 0 Å². The topological polar surface area (TPSA) is 12.0 Å². The molecule has 0 spiro atoms. The third-order valence-corrected chi connectivity index (χ3v) is 4.18. The minimum Gasteiger partial charge on any atom is -0.385 e. The Kier molecular flexibility index (Phi) is 4.52. The highest BCUT2D eigenvalue weighted by molar-refractivity contribution is 9.10. The largest absolute Gasteiger partial charge is 0.417 e. The molecule has 1 aromatic heterocycles. The van der Waals surface area contributed by atoms with Gasteiger partial charge in [0.1, 0.15) is 0 Å². The van der Waals surface area contributed by atoms with Crippen LogP contribution in [0.25, 0.3) is 0 Å². The van der Waals surface area contributed by atoms with E-state index in [0.717, 1.165) is 12.5 Å². The molecule has 6 heteroatoms. The van der Waals surface area contributed by atoms with Crippen molar-refractivity contribution in [1.29, 1.82) is 0 Å². The van der Waals surface area contributed by atoms with E-state index < -0.39 is 11.7 Å². The first-order chi connectivity index (χ1) is 8.97. The van der Waals surface area contributed by atoms with Crippen LogP contribution < -0.4 is 5.32 Å². The molecule has 102 valence electrons. The molecule has 0 radical (unpaired) electrons. The fraction of sp³-hybridized carbons (Fsp3) is 0.231. The van der Waals surface area contributed by atoms with Crippen molar-refractivity contribution in [3.63, 3.8) is 0 Å². The third-order valence-electron chi connectivity index (χ3n) is 2.55.